The summed E-state index contributed by atoms with van der Waals surface area (Å²) >= 11 is 7.28. The molecule has 1 aliphatic rings. The predicted molar refractivity (Wildman–Crippen MR) is 186 cm³/mol. The van der Waals surface area contributed by atoms with Gasteiger partial charge in [0.05, 0.1) is 0 Å². The second-order valence-corrected chi connectivity index (χ2v) is 10.5. The molecule has 0 saturated carbocycles. The zero-order chi connectivity index (χ0) is 27.8. The number of hydrogen-bond donors (Lipinski definition) is 0. The number of fused-ring (bicyclic) bond motifs is 3. The van der Waals surface area contributed by atoms with Gasteiger partial charge in [-0.25, -0.2) is 0 Å². The minimum atomic E-state index is 0. The molecular weight excluding hydrogens is 616 g/mol. The summed E-state index contributed by atoms with van der Waals surface area (Å²) in [5, 5.41) is 5.30. The molecule has 0 radical (unpaired) electrons. The number of hydrogen-bond acceptors (Lipinski definition) is 0. The first-order valence-corrected chi connectivity index (χ1v) is 15.3. The number of halogens is 2. The van der Waals surface area contributed by atoms with Crippen molar-refractivity contribution in [3.05, 3.63) is 141 Å². The summed E-state index contributed by atoms with van der Waals surface area (Å²) in [6.07, 6.45) is 1.06. The molecular formula is C38H38Br2. The Hall–Kier alpha value is -3.20. The van der Waals surface area contributed by atoms with Gasteiger partial charge in [0.15, 0.2) is 0 Å². The summed E-state index contributed by atoms with van der Waals surface area (Å²) in [5.41, 5.74) is 8.15. The quantitative estimate of drug-likeness (QED) is 0.165. The molecule has 0 aliphatic heterocycles. The molecule has 1 aliphatic carbocycles. The molecule has 7 rings (SSSR count). The molecule has 0 spiro atoms. The molecule has 6 aromatic carbocycles. The van der Waals surface area contributed by atoms with E-state index in [1.807, 2.05) is 33.8 Å². The maximum atomic E-state index is 3.65. The van der Waals surface area contributed by atoms with Gasteiger partial charge in [-0.1, -0.05) is 176 Å². The van der Waals surface area contributed by atoms with Gasteiger partial charge in [-0.05, 0) is 68.1 Å². The van der Waals surface area contributed by atoms with Crippen LogP contribution in [-0.4, -0.2) is 0 Å². The molecule has 0 atom stereocenters. The van der Waals surface area contributed by atoms with Crippen LogP contribution in [0.4, 0.5) is 0 Å². The van der Waals surface area contributed by atoms with Crippen LogP contribution in [0.2, 0.25) is 0 Å². The summed E-state index contributed by atoms with van der Waals surface area (Å²) in [6, 6.07) is 43.0. The molecule has 204 valence electrons. The topological polar surface area (TPSA) is 0 Å². The molecule has 6 aromatic rings. The highest BCUT2D eigenvalue weighted by Crippen LogP contribution is 2.39. The number of rotatable bonds is 1. The molecule has 40 heavy (non-hydrogen) atoms. The van der Waals surface area contributed by atoms with Crippen LogP contribution in [0.5, 0.6) is 0 Å². The smallest absolute Gasteiger partial charge is 0.0259 e. The SMILES string of the molecule is Brc1ccccc1-c1cccc2cccc(Br)c12.C.CC.CC.c1ccc2c(c1)Cc1cccc3cccc-2c13. The van der Waals surface area contributed by atoms with E-state index < -0.39 is 0 Å². The fraction of sp³-hybridized carbons (Fsp3) is 0.158. The largest absolute Gasteiger partial charge is 0.0776 e. The van der Waals surface area contributed by atoms with Gasteiger partial charge in [-0.2, -0.15) is 0 Å². The van der Waals surface area contributed by atoms with Crippen molar-refractivity contribution in [3.63, 3.8) is 0 Å². The van der Waals surface area contributed by atoms with Gasteiger partial charge >= 0.3 is 0 Å². The van der Waals surface area contributed by atoms with Gasteiger partial charge in [0, 0.05) is 14.3 Å². The molecule has 0 fully saturated rings. The van der Waals surface area contributed by atoms with Crippen LogP contribution in [0.15, 0.2) is 130 Å². The van der Waals surface area contributed by atoms with Gasteiger partial charge in [-0.15, -0.1) is 0 Å². The molecule has 0 saturated heterocycles. The van der Waals surface area contributed by atoms with Crippen molar-refractivity contribution >= 4 is 53.4 Å². The van der Waals surface area contributed by atoms with Crippen LogP contribution < -0.4 is 0 Å². The van der Waals surface area contributed by atoms with Gasteiger partial charge in [-0.3, -0.25) is 0 Å². The maximum absolute atomic E-state index is 3.65. The first-order valence-electron chi connectivity index (χ1n) is 13.7. The Morgan fingerprint density at radius 1 is 0.400 bits per heavy atom. The summed E-state index contributed by atoms with van der Waals surface area (Å²) in [7, 11) is 0. The first kappa shape index (κ1) is 31.3. The van der Waals surface area contributed by atoms with Crippen molar-refractivity contribution in [2.75, 3.05) is 0 Å². The van der Waals surface area contributed by atoms with E-state index in [1.54, 1.807) is 0 Å². The average molecular weight is 655 g/mol. The van der Waals surface area contributed by atoms with E-state index in [0.717, 1.165) is 15.4 Å². The Balaban J connectivity index is 0.000000192. The van der Waals surface area contributed by atoms with Crippen molar-refractivity contribution < 1.29 is 0 Å². The maximum Gasteiger partial charge on any atom is 0.0259 e. The Kier molecular flexibility index (Phi) is 11.7. The molecule has 0 heterocycles. The van der Waals surface area contributed by atoms with Crippen molar-refractivity contribution in [2.45, 2.75) is 41.5 Å². The van der Waals surface area contributed by atoms with Crippen LogP contribution in [0.3, 0.4) is 0 Å². The lowest BCUT2D eigenvalue weighted by molar-refractivity contribution is 1.20. The number of benzene rings is 6. The molecule has 0 unspecified atom stereocenters. The summed E-state index contributed by atoms with van der Waals surface area (Å²) in [5.74, 6) is 0. The molecule has 0 bridgehead atoms. The van der Waals surface area contributed by atoms with Crippen LogP contribution in [0.1, 0.15) is 46.2 Å². The van der Waals surface area contributed by atoms with E-state index in [9.17, 15) is 0 Å². The van der Waals surface area contributed by atoms with Crippen molar-refractivity contribution in [3.8, 4) is 22.3 Å². The predicted octanol–water partition coefficient (Wildman–Crippen LogP) is 13.1. The first-order chi connectivity index (χ1) is 19.2. The zero-order valence-corrected chi connectivity index (χ0v) is 26.2. The molecule has 2 heteroatoms. The molecule has 0 N–H and O–H groups in total. The van der Waals surface area contributed by atoms with E-state index in [-0.39, 0.29) is 7.43 Å². The minimum Gasteiger partial charge on any atom is -0.0776 e. The second-order valence-electron chi connectivity index (χ2n) is 8.78. The fourth-order valence-electron chi connectivity index (χ4n) is 5.13. The Morgan fingerprint density at radius 3 is 1.48 bits per heavy atom. The third-order valence-corrected chi connectivity index (χ3v) is 8.05. The van der Waals surface area contributed by atoms with Crippen LogP contribution in [0.25, 0.3) is 43.8 Å². The highest BCUT2D eigenvalue weighted by Gasteiger charge is 2.16. The van der Waals surface area contributed by atoms with E-state index in [2.05, 4.69) is 147 Å². The van der Waals surface area contributed by atoms with Gasteiger partial charge in [0.1, 0.15) is 0 Å². The zero-order valence-electron chi connectivity index (χ0n) is 23.0. The Labute approximate surface area is 257 Å². The fourth-order valence-corrected chi connectivity index (χ4v) is 6.23. The molecule has 0 aromatic heterocycles. The van der Waals surface area contributed by atoms with Crippen LogP contribution in [-0.2, 0) is 6.42 Å². The average Bonchev–Trinajstić information content (AvgIpc) is 3.00. The summed E-state index contributed by atoms with van der Waals surface area (Å²) < 4.78 is 2.25. The van der Waals surface area contributed by atoms with E-state index in [4.69, 9.17) is 0 Å². The minimum absolute atomic E-state index is 0. The van der Waals surface area contributed by atoms with Gasteiger partial charge in [0.25, 0.3) is 0 Å². The standard InChI is InChI=1S/C17H12.C16H10Br2.2C2H6.CH4/c1-2-9-15-13(5-1)11-14-8-3-6-12-7-4-10-16(15)17(12)14;17-14-9-2-1-7-12(14)13-8-3-5-11-6-4-10-15(18)16(11)13;2*1-2;/h1-10H,11H2;1-10H;2*1-2H3;1H4. The normalized spacial score (nSPS) is 10.4. The molecule has 0 amide bonds. The van der Waals surface area contributed by atoms with Crippen LogP contribution in [0, 0.1) is 0 Å². The van der Waals surface area contributed by atoms with Crippen molar-refractivity contribution in [1.82, 2.24) is 0 Å². The Bertz CT molecular complexity index is 1690. The summed E-state index contributed by atoms with van der Waals surface area (Å²) in [6.45, 7) is 8.00. The second kappa shape index (κ2) is 15.0. The van der Waals surface area contributed by atoms with E-state index in [1.165, 1.54) is 54.9 Å². The monoisotopic (exact) mass is 652 g/mol. The van der Waals surface area contributed by atoms with Crippen molar-refractivity contribution in [2.24, 2.45) is 0 Å². The van der Waals surface area contributed by atoms with Crippen LogP contribution >= 0.6 is 31.9 Å². The van der Waals surface area contributed by atoms with E-state index in [0.29, 0.717) is 0 Å². The molecule has 0 nitrogen and oxygen atoms in total. The third-order valence-electron chi connectivity index (χ3n) is 6.70. The van der Waals surface area contributed by atoms with E-state index >= 15 is 0 Å². The highest BCUT2D eigenvalue weighted by molar-refractivity contribution is 9.11. The Morgan fingerprint density at radius 2 is 0.825 bits per heavy atom. The lowest BCUT2D eigenvalue weighted by Gasteiger charge is -2.20. The third kappa shape index (κ3) is 6.40. The summed E-state index contributed by atoms with van der Waals surface area (Å²) in [4.78, 5) is 0. The van der Waals surface area contributed by atoms with Crippen molar-refractivity contribution in [1.29, 1.82) is 0 Å². The van der Waals surface area contributed by atoms with Gasteiger partial charge in [0.2, 0.25) is 0 Å². The highest BCUT2D eigenvalue weighted by atomic mass is 79.9. The lowest BCUT2D eigenvalue weighted by Crippen LogP contribution is -2.00. The lowest BCUT2D eigenvalue weighted by atomic mass is 9.84. The van der Waals surface area contributed by atoms with Gasteiger partial charge < -0.3 is 0 Å².